The van der Waals surface area contributed by atoms with Crippen molar-refractivity contribution >= 4 is 27.9 Å². The topological polar surface area (TPSA) is 33.5 Å². The molecular formula is C15H14BrNO2. The van der Waals surface area contributed by atoms with E-state index in [0.29, 0.717) is 12.3 Å². The first-order valence-electron chi connectivity index (χ1n) is 5.87. The molecule has 2 aromatic rings. The fraction of sp³-hybridized carbons (Fsp3) is 0.133. The fourth-order valence-electron chi connectivity index (χ4n) is 1.63. The molecule has 1 aromatic heterocycles. The summed E-state index contributed by atoms with van der Waals surface area (Å²) in [5, 5.41) is 0. The Hall–Kier alpha value is -1.81. The lowest BCUT2D eigenvalue weighted by Crippen LogP contribution is -2.24. The van der Waals surface area contributed by atoms with E-state index in [9.17, 15) is 4.79 Å². The number of amides is 1. The Bertz CT molecular complexity index is 576. The number of halogens is 1. The van der Waals surface area contributed by atoms with E-state index in [1.54, 1.807) is 36.4 Å². The van der Waals surface area contributed by atoms with Gasteiger partial charge in [0.2, 0.25) is 5.91 Å². The second-order valence-electron chi connectivity index (χ2n) is 4.13. The van der Waals surface area contributed by atoms with Crippen LogP contribution in [-0.2, 0) is 11.3 Å². The molecule has 0 spiro atoms. The SMILES string of the molecule is CN(Cc1ccccc1Br)C(=O)/C=C/c1ccco1. The second kappa shape index (κ2) is 6.38. The van der Waals surface area contributed by atoms with Crippen molar-refractivity contribution in [3.8, 4) is 0 Å². The number of benzene rings is 1. The summed E-state index contributed by atoms with van der Waals surface area (Å²) >= 11 is 3.47. The molecule has 0 aliphatic heterocycles. The Morgan fingerprint density at radius 2 is 2.11 bits per heavy atom. The molecule has 19 heavy (non-hydrogen) atoms. The van der Waals surface area contributed by atoms with E-state index >= 15 is 0 Å². The van der Waals surface area contributed by atoms with Crippen LogP contribution < -0.4 is 0 Å². The van der Waals surface area contributed by atoms with E-state index in [4.69, 9.17) is 4.42 Å². The lowest BCUT2D eigenvalue weighted by molar-refractivity contribution is -0.125. The van der Waals surface area contributed by atoms with Gasteiger partial charge in [-0.05, 0) is 29.8 Å². The molecule has 4 heteroatoms. The first kappa shape index (κ1) is 13.6. The average molecular weight is 320 g/mol. The van der Waals surface area contributed by atoms with Crippen molar-refractivity contribution in [3.63, 3.8) is 0 Å². The minimum Gasteiger partial charge on any atom is -0.465 e. The van der Waals surface area contributed by atoms with E-state index in [1.807, 2.05) is 24.3 Å². The molecule has 0 saturated carbocycles. The largest absolute Gasteiger partial charge is 0.465 e. The lowest BCUT2D eigenvalue weighted by Gasteiger charge is -2.16. The van der Waals surface area contributed by atoms with Gasteiger partial charge in [0.25, 0.3) is 0 Å². The van der Waals surface area contributed by atoms with Crippen molar-refractivity contribution in [2.24, 2.45) is 0 Å². The summed E-state index contributed by atoms with van der Waals surface area (Å²) < 4.78 is 6.14. The zero-order valence-corrected chi connectivity index (χ0v) is 12.1. The number of rotatable bonds is 4. The Morgan fingerprint density at radius 3 is 2.79 bits per heavy atom. The summed E-state index contributed by atoms with van der Waals surface area (Å²) in [5.74, 6) is 0.606. The van der Waals surface area contributed by atoms with Crippen molar-refractivity contribution in [2.75, 3.05) is 7.05 Å². The minimum atomic E-state index is -0.0628. The quantitative estimate of drug-likeness (QED) is 0.805. The zero-order valence-electron chi connectivity index (χ0n) is 10.5. The van der Waals surface area contributed by atoms with E-state index in [-0.39, 0.29) is 5.91 Å². The summed E-state index contributed by atoms with van der Waals surface area (Å²) in [6, 6.07) is 11.5. The molecule has 2 rings (SSSR count). The van der Waals surface area contributed by atoms with Gasteiger partial charge in [-0.25, -0.2) is 0 Å². The molecule has 1 aromatic carbocycles. The van der Waals surface area contributed by atoms with Crippen molar-refractivity contribution in [3.05, 3.63) is 64.5 Å². The first-order valence-corrected chi connectivity index (χ1v) is 6.66. The number of furan rings is 1. The molecule has 0 aliphatic carbocycles. The lowest BCUT2D eigenvalue weighted by atomic mass is 10.2. The smallest absolute Gasteiger partial charge is 0.246 e. The Labute approximate surface area is 120 Å². The molecule has 1 amide bonds. The molecule has 0 unspecified atom stereocenters. The Kier molecular flexibility index (Phi) is 4.58. The van der Waals surface area contributed by atoms with Crippen molar-refractivity contribution in [1.82, 2.24) is 4.90 Å². The molecule has 98 valence electrons. The van der Waals surface area contributed by atoms with Gasteiger partial charge in [-0.15, -0.1) is 0 Å². The summed E-state index contributed by atoms with van der Waals surface area (Å²) in [5.41, 5.74) is 1.07. The Balaban J connectivity index is 1.98. The monoisotopic (exact) mass is 319 g/mol. The van der Waals surface area contributed by atoms with Crippen molar-refractivity contribution < 1.29 is 9.21 Å². The molecule has 0 atom stereocenters. The molecule has 3 nitrogen and oxygen atoms in total. The number of carbonyl (C=O) groups excluding carboxylic acids is 1. The summed E-state index contributed by atoms with van der Waals surface area (Å²) in [7, 11) is 1.77. The number of hydrogen-bond donors (Lipinski definition) is 0. The number of carbonyl (C=O) groups is 1. The van der Waals surface area contributed by atoms with Crippen LogP contribution in [-0.4, -0.2) is 17.9 Å². The normalized spacial score (nSPS) is 10.8. The maximum atomic E-state index is 11.9. The van der Waals surface area contributed by atoms with Crippen LogP contribution in [0.1, 0.15) is 11.3 Å². The number of nitrogens with zero attached hydrogens (tertiary/aromatic N) is 1. The number of likely N-dealkylation sites (N-methyl/N-ethyl adjacent to an activating group) is 1. The van der Waals surface area contributed by atoms with E-state index < -0.39 is 0 Å². The van der Waals surface area contributed by atoms with Crippen LogP contribution in [0, 0.1) is 0 Å². The highest BCUT2D eigenvalue weighted by Gasteiger charge is 2.07. The van der Waals surface area contributed by atoms with Crippen LogP contribution >= 0.6 is 15.9 Å². The predicted molar refractivity (Wildman–Crippen MR) is 78.4 cm³/mol. The highest BCUT2D eigenvalue weighted by molar-refractivity contribution is 9.10. The van der Waals surface area contributed by atoms with Gasteiger partial charge in [0, 0.05) is 24.1 Å². The van der Waals surface area contributed by atoms with Gasteiger partial charge in [-0.3, -0.25) is 4.79 Å². The standard InChI is InChI=1S/C15H14BrNO2/c1-17(11-12-5-2-3-7-14(12)16)15(18)9-8-13-6-4-10-19-13/h2-10H,11H2,1H3/b9-8+. The van der Waals surface area contributed by atoms with Gasteiger partial charge < -0.3 is 9.32 Å². The fourth-order valence-corrected chi connectivity index (χ4v) is 2.04. The molecule has 0 radical (unpaired) electrons. The maximum absolute atomic E-state index is 11.9. The van der Waals surface area contributed by atoms with Crippen LogP contribution in [0.2, 0.25) is 0 Å². The van der Waals surface area contributed by atoms with Crippen molar-refractivity contribution in [1.29, 1.82) is 0 Å². The highest BCUT2D eigenvalue weighted by atomic mass is 79.9. The molecule has 0 aliphatic rings. The van der Waals surface area contributed by atoms with Gasteiger partial charge in [-0.1, -0.05) is 34.1 Å². The highest BCUT2D eigenvalue weighted by Crippen LogP contribution is 2.17. The zero-order chi connectivity index (χ0) is 13.7. The van der Waals surface area contributed by atoms with E-state index in [2.05, 4.69) is 15.9 Å². The molecule has 0 fully saturated rings. The third-order valence-electron chi connectivity index (χ3n) is 2.67. The Morgan fingerprint density at radius 1 is 1.32 bits per heavy atom. The van der Waals surface area contributed by atoms with Crippen LogP contribution in [0.4, 0.5) is 0 Å². The van der Waals surface area contributed by atoms with Gasteiger partial charge in [-0.2, -0.15) is 0 Å². The first-order chi connectivity index (χ1) is 9.16. The average Bonchev–Trinajstić information content (AvgIpc) is 2.91. The third-order valence-corrected chi connectivity index (χ3v) is 3.45. The van der Waals surface area contributed by atoms with Gasteiger partial charge in [0.05, 0.1) is 6.26 Å². The summed E-state index contributed by atoms with van der Waals surface area (Å²) in [6.07, 6.45) is 4.75. The number of hydrogen-bond acceptors (Lipinski definition) is 2. The predicted octanol–water partition coefficient (Wildman–Crippen LogP) is 3.71. The minimum absolute atomic E-state index is 0.0628. The van der Waals surface area contributed by atoms with Crippen LogP contribution in [0.3, 0.4) is 0 Å². The summed E-state index contributed by atoms with van der Waals surface area (Å²) in [6.45, 7) is 0.558. The van der Waals surface area contributed by atoms with Crippen LogP contribution in [0.5, 0.6) is 0 Å². The van der Waals surface area contributed by atoms with E-state index in [1.165, 1.54) is 6.08 Å². The molecular weight excluding hydrogens is 306 g/mol. The van der Waals surface area contributed by atoms with E-state index in [0.717, 1.165) is 10.0 Å². The van der Waals surface area contributed by atoms with Crippen molar-refractivity contribution in [2.45, 2.75) is 6.54 Å². The van der Waals surface area contributed by atoms with Gasteiger partial charge >= 0.3 is 0 Å². The molecule has 0 bridgehead atoms. The third kappa shape index (κ3) is 3.83. The molecule has 0 N–H and O–H groups in total. The maximum Gasteiger partial charge on any atom is 0.246 e. The van der Waals surface area contributed by atoms with Crippen LogP contribution in [0.15, 0.2) is 57.6 Å². The van der Waals surface area contributed by atoms with Gasteiger partial charge in [0.15, 0.2) is 0 Å². The molecule has 1 heterocycles. The summed E-state index contributed by atoms with van der Waals surface area (Å²) in [4.78, 5) is 13.6. The second-order valence-corrected chi connectivity index (χ2v) is 4.99. The van der Waals surface area contributed by atoms with Gasteiger partial charge in [0.1, 0.15) is 5.76 Å². The molecule has 0 saturated heterocycles. The van der Waals surface area contributed by atoms with Crippen LogP contribution in [0.25, 0.3) is 6.08 Å².